The van der Waals surface area contributed by atoms with Gasteiger partial charge in [-0.3, -0.25) is 9.59 Å². The van der Waals surface area contributed by atoms with Crippen LogP contribution >= 0.6 is 22.6 Å². The fourth-order valence-corrected chi connectivity index (χ4v) is 2.52. The Balaban J connectivity index is 2.11. The number of halogens is 1. The molecule has 2 aromatic carbocycles. The topological polar surface area (TPSA) is 92.7 Å². The number of benzene rings is 2. The number of amides is 1. The summed E-state index contributed by atoms with van der Waals surface area (Å²) >= 11 is 2.16. The molecule has 0 aliphatic carbocycles. The second-order valence-electron chi connectivity index (χ2n) is 5.32. The third-order valence-electron chi connectivity index (χ3n) is 3.31. The van der Waals surface area contributed by atoms with Crippen molar-refractivity contribution in [2.75, 3.05) is 0 Å². The first-order chi connectivity index (χ1) is 11.8. The minimum atomic E-state index is -1.12. The van der Waals surface area contributed by atoms with Gasteiger partial charge in [-0.25, -0.2) is 4.79 Å². The van der Waals surface area contributed by atoms with Crippen molar-refractivity contribution in [2.45, 2.75) is 19.4 Å². The van der Waals surface area contributed by atoms with Crippen LogP contribution in [-0.2, 0) is 16.0 Å². The zero-order valence-corrected chi connectivity index (χ0v) is 15.5. The molecule has 0 fully saturated rings. The van der Waals surface area contributed by atoms with Crippen LogP contribution in [0.15, 0.2) is 48.5 Å². The second kappa shape index (κ2) is 8.61. The third-order valence-corrected chi connectivity index (χ3v) is 4.03. The molecule has 0 aromatic heterocycles. The Morgan fingerprint density at radius 2 is 1.84 bits per heavy atom. The maximum Gasteiger partial charge on any atom is 0.326 e. The zero-order valence-electron chi connectivity index (χ0n) is 13.4. The molecule has 0 bridgehead atoms. The Morgan fingerprint density at radius 1 is 1.16 bits per heavy atom. The molecular weight excluding hydrogens is 437 g/mol. The summed E-state index contributed by atoms with van der Waals surface area (Å²) < 4.78 is 5.97. The van der Waals surface area contributed by atoms with Crippen LogP contribution in [0.5, 0.6) is 5.75 Å². The highest BCUT2D eigenvalue weighted by atomic mass is 127. The first-order valence-electron chi connectivity index (χ1n) is 7.42. The minimum absolute atomic E-state index is 0.168. The molecule has 0 saturated carbocycles. The maximum absolute atomic E-state index is 12.3. The number of carboxylic acid groups (broad SMARTS) is 1. The van der Waals surface area contributed by atoms with Gasteiger partial charge in [-0.1, -0.05) is 18.2 Å². The van der Waals surface area contributed by atoms with E-state index < -0.39 is 23.9 Å². The van der Waals surface area contributed by atoms with E-state index >= 15 is 0 Å². The molecule has 130 valence electrons. The van der Waals surface area contributed by atoms with Crippen molar-refractivity contribution in [1.29, 1.82) is 0 Å². The van der Waals surface area contributed by atoms with E-state index in [-0.39, 0.29) is 17.7 Å². The molecule has 6 nitrogen and oxygen atoms in total. The van der Waals surface area contributed by atoms with Gasteiger partial charge in [0.2, 0.25) is 0 Å². The van der Waals surface area contributed by atoms with Gasteiger partial charge in [-0.2, -0.15) is 0 Å². The Morgan fingerprint density at radius 3 is 2.44 bits per heavy atom. The lowest BCUT2D eigenvalue weighted by molar-refractivity contribution is -0.139. The second-order valence-corrected chi connectivity index (χ2v) is 6.56. The van der Waals surface area contributed by atoms with Crippen LogP contribution in [0, 0.1) is 3.57 Å². The largest absolute Gasteiger partial charge is 0.480 e. The van der Waals surface area contributed by atoms with Gasteiger partial charge in [0.25, 0.3) is 5.91 Å². The molecule has 1 amide bonds. The van der Waals surface area contributed by atoms with Gasteiger partial charge < -0.3 is 15.2 Å². The van der Waals surface area contributed by atoms with Crippen LogP contribution < -0.4 is 10.1 Å². The smallest absolute Gasteiger partial charge is 0.326 e. The Kier molecular flexibility index (Phi) is 6.51. The molecule has 1 atom stereocenters. The van der Waals surface area contributed by atoms with E-state index in [1.165, 1.54) is 19.1 Å². The van der Waals surface area contributed by atoms with E-state index in [1.54, 1.807) is 12.1 Å². The number of esters is 1. The van der Waals surface area contributed by atoms with Crippen molar-refractivity contribution in [3.63, 3.8) is 0 Å². The summed E-state index contributed by atoms with van der Waals surface area (Å²) in [4.78, 5) is 34.8. The monoisotopic (exact) mass is 453 g/mol. The SMILES string of the molecule is CC(=O)Oc1cccc(C(=O)N[C@@H](Cc2ccc(I)cc2)C(=O)O)c1. The molecule has 0 heterocycles. The highest BCUT2D eigenvalue weighted by molar-refractivity contribution is 14.1. The van der Waals surface area contributed by atoms with Crippen LogP contribution in [0.4, 0.5) is 0 Å². The number of hydrogen-bond donors (Lipinski definition) is 2. The first kappa shape index (κ1) is 18.9. The van der Waals surface area contributed by atoms with Gasteiger partial charge >= 0.3 is 11.9 Å². The van der Waals surface area contributed by atoms with E-state index in [2.05, 4.69) is 27.9 Å². The number of rotatable bonds is 6. The fourth-order valence-electron chi connectivity index (χ4n) is 2.16. The average molecular weight is 453 g/mol. The predicted octanol–water partition coefficient (Wildman–Crippen LogP) is 2.64. The number of carbonyl (C=O) groups excluding carboxylic acids is 2. The summed E-state index contributed by atoms with van der Waals surface area (Å²) in [6.45, 7) is 1.26. The molecule has 0 unspecified atom stereocenters. The van der Waals surface area contributed by atoms with Gasteiger partial charge in [0.05, 0.1) is 0 Å². The Bertz CT molecular complexity index is 788. The Labute approximate surface area is 158 Å². The van der Waals surface area contributed by atoms with Crippen molar-refractivity contribution in [3.8, 4) is 5.75 Å². The number of ether oxygens (including phenoxy) is 1. The van der Waals surface area contributed by atoms with Gasteiger partial charge in [-0.15, -0.1) is 0 Å². The van der Waals surface area contributed by atoms with Crippen LogP contribution in [0.25, 0.3) is 0 Å². The molecule has 0 aliphatic rings. The van der Waals surface area contributed by atoms with E-state index in [0.717, 1.165) is 9.13 Å². The van der Waals surface area contributed by atoms with Crippen LogP contribution in [0.1, 0.15) is 22.8 Å². The average Bonchev–Trinajstić information content (AvgIpc) is 2.55. The summed E-state index contributed by atoms with van der Waals surface area (Å²) in [5.41, 5.74) is 1.02. The maximum atomic E-state index is 12.3. The lowest BCUT2D eigenvalue weighted by Crippen LogP contribution is -2.42. The summed E-state index contributed by atoms with van der Waals surface area (Å²) in [7, 11) is 0. The fraction of sp³-hybridized carbons (Fsp3) is 0.167. The van der Waals surface area contributed by atoms with Crippen LogP contribution in [0.2, 0.25) is 0 Å². The summed E-state index contributed by atoms with van der Waals surface area (Å²) in [6, 6.07) is 12.3. The number of nitrogens with one attached hydrogen (secondary N) is 1. The molecule has 2 N–H and O–H groups in total. The van der Waals surface area contributed by atoms with Gasteiger partial charge in [0.15, 0.2) is 0 Å². The number of aliphatic carboxylic acids is 1. The molecular formula is C18H16INO5. The lowest BCUT2D eigenvalue weighted by atomic mass is 10.1. The minimum Gasteiger partial charge on any atom is -0.480 e. The van der Waals surface area contributed by atoms with Crippen molar-refractivity contribution >= 4 is 40.4 Å². The molecule has 25 heavy (non-hydrogen) atoms. The van der Waals surface area contributed by atoms with Gasteiger partial charge in [0, 0.05) is 22.5 Å². The quantitative estimate of drug-likeness (QED) is 0.399. The van der Waals surface area contributed by atoms with Gasteiger partial charge in [0.1, 0.15) is 11.8 Å². The molecule has 0 radical (unpaired) electrons. The van der Waals surface area contributed by atoms with Crippen molar-refractivity contribution < 1.29 is 24.2 Å². The van der Waals surface area contributed by atoms with E-state index in [1.807, 2.05) is 24.3 Å². The summed E-state index contributed by atoms with van der Waals surface area (Å²) in [5.74, 6) is -1.95. The number of hydrogen-bond acceptors (Lipinski definition) is 4. The number of carbonyl (C=O) groups is 3. The lowest BCUT2D eigenvalue weighted by Gasteiger charge is -2.15. The predicted molar refractivity (Wildman–Crippen MR) is 99.5 cm³/mol. The number of carboxylic acids is 1. The van der Waals surface area contributed by atoms with Gasteiger partial charge in [-0.05, 0) is 58.5 Å². The van der Waals surface area contributed by atoms with Crippen molar-refractivity contribution in [2.24, 2.45) is 0 Å². The Hall–Kier alpha value is -2.42. The third kappa shape index (κ3) is 5.86. The van der Waals surface area contributed by atoms with Crippen molar-refractivity contribution in [3.05, 3.63) is 63.2 Å². The zero-order chi connectivity index (χ0) is 18.4. The molecule has 2 aromatic rings. The molecule has 7 heteroatoms. The normalized spacial score (nSPS) is 11.4. The standard InChI is InChI=1S/C18H16INO5/c1-11(21)25-15-4-2-3-13(10-15)17(22)20-16(18(23)24)9-12-5-7-14(19)8-6-12/h2-8,10,16H,9H2,1H3,(H,20,22)(H,23,24)/t16-/m0/s1. The van der Waals surface area contributed by atoms with E-state index in [9.17, 15) is 19.5 Å². The first-order valence-corrected chi connectivity index (χ1v) is 8.49. The summed E-state index contributed by atoms with van der Waals surface area (Å²) in [6.07, 6.45) is 0.168. The van der Waals surface area contributed by atoms with Crippen LogP contribution in [-0.4, -0.2) is 29.0 Å². The molecule has 0 aliphatic heterocycles. The molecule has 0 saturated heterocycles. The molecule has 0 spiro atoms. The summed E-state index contributed by atoms with van der Waals surface area (Å²) in [5, 5.41) is 11.9. The highest BCUT2D eigenvalue weighted by Gasteiger charge is 2.21. The van der Waals surface area contributed by atoms with Crippen molar-refractivity contribution in [1.82, 2.24) is 5.32 Å². The van der Waals surface area contributed by atoms with Crippen LogP contribution in [0.3, 0.4) is 0 Å². The highest BCUT2D eigenvalue weighted by Crippen LogP contribution is 2.14. The van der Waals surface area contributed by atoms with E-state index in [0.29, 0.717) is 0 Å². The van der Waals surface area contributed by atoms with E-state index in [4.69, 9.17) is 4.74 Å². The molecule has 2 rings (SSSR count).